The molecule has 172 valence electrons. The van der Waals surface area contributed by atoms with Crippen LogP contribution in [0.4, 0.5) is 0 Å². The molecule has 0 N–H and O–H groups in total. The minimum Gasteiger partial charge on any atom is -0.367 e. The Morgan fingerprint density at radius 2 is 1.26 bits per heavy atom. The van der Waals surface area contributed by atoms with E-state index < -0.39 is 0 Å². The number of terminal acetylenes is 1. The Balaban J connectivity index is 2.22. The number of allylic oxidation sites excluding steroid dienone is 10. The normalized spacial score (nSPS) is 19.2. The molecule has 1 nitrogen and oxygen atoms in total. The lowest BCUT2D eigenvalue weighted by Gasteiger charge is -2.03. The van der Waals surface area contributed by atoms with Gasteiger partial charge in [0.2, 0.25) is 0 Å². The van der Waals surface area contributed by atoms with E-state index in [0.29, 0.717) is 6.10 Å². The van der Waals surface area contributed by atoms with Gasteiger partial charge in [0.1, 0.15) is 0 Å². The number of unbranched alkanes of at least 4 members (excludes halogenated alkanes) is 1. The molecule has 1 atom stereocenters. The molecule has 0 aromatic rings. The molecule has 31 heavy (non-hydrogen) atoms. The minimum absolute atomic E-state index is 0.124. The molecule has 0 bridgehead atoms. The second-order valence-electron chi connectivity index (χ2n) is 9.91. The van der Waals surface area contributed by atoms with Gasteiger partial charge >= 0.3 is 0 Å². The van der Waals surface area contributed by atoms with E-state index in [9.17, 15) is 0 Å². The van der Waals surface area contributed by atoms with Crippen molar-refractivity contribution < 1.29 is 4.74 Å². The first-order valence-corrected chi connectivity index (χ1v) is 12.1. The first-order chi connectivity index (χ1) is 14.6. The third kappa shape index (κ3) is 13.3. The molecular formula is C30H46O. The van der Waals surface area contributed by atoms with Gasteiger partial charge in [0.05, 0.1) is 11.7 Å². The van der Waals surface area contributed by atoms with E-state index in [1.807, 2.05) is 0 Å². The lowest BCUT2D eigenvalue weighted by atomic mass is 10.0. The van der Waals surface area contributed by atoms with Crippen LogP contribution < -0.4 is 0 Å². The highest BCUT2D eigenvalue weighted by atomic mass is 16.6. The van der Waals surface area contributed by atoms with Crippen molar-refractivity contribution in [2.45, 2.75) is 118 Å². The molecule has 1 heterocycles. The molecule has 0 aliphatic carbocycles. The van der Waals surface area contributed by atoms with Crippen molar-refractivity contribution in [3.63, 3.8) is 0 Å². The van der Waals surface area contributed by atoms with Crippen LogP contribution in [-0.4, -0.2) is 11.7 Å². The van der Waals surface area contributed by atoms with Crippen molar-refractivity contribution in [2.24, 2.45) is 0 Å². The Kier molecular flexibility index (Phi) is 12.6. The lowest BCUT2D eigenvalue weighted by Crippen LogP contribution is -2.02. The summed E-state index contributed by atoms with van der Waals surface area (Å²) in [5, 5.41) is 0. The standard InChI is InChI=1S/C30H46O/c1-9-28(22-20-24(2)3)19-13-18-26(5)15-11-10-14-25(4)16-12-17-27(6)21-23-29-30(7,8)31-29/h1,14-15,17,19-20,29H,10-13,16,18,21-23H2,2-8H3/b25-14+,26-15+,27-17+,28-19+. The van der Waals surface area contributed by atoms with Crippen molar-refractivity contribution in [3.05, 3.63) is 58.2 Å². The van der Waals surface area contributed by atoms with Crippen molar-refractivity contribution in [1.29, 1.82) is 0 Å². The fraction of sp³-hybridized carbons (Fsp3) is 0.600. The lowest BCUT2D eigenvalue weighted by molar-refractivity contribution is 0.320. The van der Waals surface area contributed by atoms with E-state index >= 15 is 0 Å². The Labute approximate surface area is 193 Å². The summed E-state index contributed by atoms with van der Waals surface area (Å²) >= 11 is 0. The molecule has 0 aromatic carbocycles. The second kappa shape index (κ2) is 14.3. The van der Waals surface area contributed by atoms with Crippen LogP contribution in [0, 0.1) is 12.3 Å². The maximum atomic E-state index is 5.67. The van der Waals surface area contributed by atoms with E-state index in [0.717, 1.165) is 63.4 Å². The predicted molar refractivity (Wildman–Crippen MR) is 138 cm³/mol. The average Bonchev–Trinajstić information content (AvgIpc) is 3.32. The maximum absolute atomic E-state index is 5.67. The summed E-state index contributed by atoms with van der Waals surface area (Å²) in [6.45, 7) is 15.3. The zero-order valence-electron chi connectivity index (χ0n) is 21.3. The molecule has 1 saturated heterocycles. The van der Waals surface area contributed by atoms with E-state index in [4.69, 9.17) is 11.2 Å². The quantitative estimate of drug-likeness (QED) is 0.118. The highest BCUT2D eigenvalue weighted by Crippen LogP contribution is 2.38. The van der Waals surface area contributed by atoms with Crippen LogP contribution in [0.1, 0.15) is 106 Å². The van der Waals surface area contributed by atoms with Crippen LogP contribution in [0.15, 0.2) is 58.2 Å². The molecule has 0 saturated carbocycles. The Bertz CT molecular complexity index is 742. The van der Waals surface area contributed by atoms with Gasteiger partial charge in [0.25, 0.3) is 0 Å². The zero-order valence-corrected chi connectivity index (χ0v) is 21.3. The molecule has 1 fully saturated rings. The first kappa shape index (κ1) is 27.3. The average molecular weight is 423 g/mol. The largest absolute Gasteiger partial charge is 0.367 e. The summed E-state index contributed by atoms with van der Waals surface area (Å²) in [5.41, 5.74) is 7.01. The van der Waals surface area contributed by atoms with Gasteiger partial charge in [0.15, 0.2) is 0 Å². The molecule has 1 unspecified atom stereocenters. The Morgan fingerprint density at radius 3 is 1.74 bits per heavy atom. The fourth-order valence-electron chi connectivity index (χ4n) is 3.60. The van der Waals surface area contributed by atoms with E-state index in [2.05, 4.69) is 84.8 Å². The van der Waals surface area contributed by atoms with E-state index in [1.54, 1.807) is 0 Å². The smallest absolute Gasteiger partial charge is 0.0892 e. The molecule has 0 spiro atoms. The molecule has 1 aliphatic heterocycles. The first-order valence-electron chi connectivity index (χ1n) is 12.1. The highest BCUT2D eigenvalue weighted by molar-refractivity contribution is 5.28. The SMILES string of the molecule is C#C/C(=C\CC/C(C)=C/CC/C=C(\C)CC/C=C(\C)CCC1OC1(C)C)CC=C(C)C. The fourth-order valence-corrected chi connectivity index (χ4v) is 3.60. The van der Waals surface area contributed by atoms with Gasteiger partial charge in [-0.05, 0) is 106 Å². The number of epoxide rings is 1. The van der Waals surface area contributed by atoms with Crippen molar-refractivity contribution in [3.8, 4) is 12.3 Å². The molecular weight excluding hydrogens is 376 g/mol. The van der Waals surface area contributed by atoms with Crippen LogP contribution in [0.5, 0.6) is 0 Å². The van der Waals surface area contributed by atoms with Crippen LogP contribution >= 0.6 is 0 Å². The molecule has 0 amide bonds. The van der Waals surface area contributed by atoms with Crippen molar-refractivity contribution >= 4 is 0 Å². The maximum Gasteiger partial charge on any atom is 0.0892 e. The monoisotopic (exact) mass is 422 g/mol. The molecule has 1 aliphatic rings. The van der Waals surface area contributed by atoms with Gasteiger partial charge < -0.3 is 4.74 Å². The number of rotatable bonds is 14. The van der Waals surface area contributed by atoms with Gasteiger partial charge in [-0.3, -0.25) is 0 Å². The third-order valence-corrected chi connectivity index (χ3v) is 5.99. The summed E-state index contributed by atoms with van der Waals surface area (Å²) in [7, 11) is 0. The molecule has 1 heteroatoms. The Hall–Kier alpha value is -1.78. The summed E-state index contributed by atoms with van der Waals surface area (Å²) in [6, 6.07) is 0. The minimum atomic E-state index is 0.124. The highest BCUT2D eigenvalue weighted by Gasteiger charge is 2.46. The summed E-state index contributed by atoms with van der Waals surface area (Å²) in [6.07, 6.45) is 27.6. The number of hydrogen-bond donors (Lipinski definition) is 0. The van der Waals surface area contributed by atoms with Gasteiger partial charge in [0, 0.05) is 5.57 Å². The molecule has 1 rings (SSSR count). The summed E-state index contributed by atoms with van der Waals surface area (Å²) < 4.78 is 5.67. The molecule has 0 aromatic heterocycles. The van der Waals surface area contributed by atoms with Gasteiger partial charge in [-0.1, -0.05) is 58.6 Å². The summed E-state index contributed by atoms with van der Waals surface area (Å²) in [5.74, 6) is 2.82. The third-order valence-electron chi connectivity index (χ3n) is 5.99. The number of ether oxygens (including phenoxy) is 1. The number of hydrogen-bond acceptors (Lipinski definition) is 1. The van der Waals surface area contributed by atoms with Gasteiger partial charge in [-0.15, -0.1) is 6.42 Å². The van der Waals surface area contributed by atoms with Crippen LogP contribution in [0.3, 0.4) is 0 Å². The van der Waals surface area contributed by atoms with Gasteiger partial charge in [-0.25, -0.2) is 0 Å². The van der Waals surface area contributed by atoms with Crippen molar-refractivity contribution in [2.75, 3.05) is 0 Å². The summed E-state index contributed by atoms with van der Waals surface area (Å²) in [4.78, 5) is 0. The Morgan fingerprint density at radius 1 is 0.774 bits per heavy atom. The zero-order chi connectivity index (χ0) is 23.3. The second-order valence-corrected chi connectivity index (χ2v) is 9.91. The van der Waals surface area contributed by atoms with E-state index in [-0.39, 0.29) is 5.60 Å². The van der Waals surface area contributed by atoms with Gasteiger partial charge in [-0.2, -0.15) is 0 Å². The van der Waals surface area contributed by atoms with Crippen molar-refractivity contribution in [1.82, 2.24) is 0 Å². The van der Waals surface area contributed by atoms with Crippen LogP contribution in [0.2, 0.25) is 0 Å². The molecule has 0 radical (unpaired) electrons. The topological polar surface area (TPSA) is 12.5 Å². The van der Waals surface area contributed by atoms with Crippen LogP contribution in [0.25, 0.3) is 0 Å². The predicted octanol–water partition coefficient (Wildman–Crippen LogP) is 9.04. The van der Waals surface area contributed by atoms with E-state index in [1.165, 1.54) is 22.3 Å². The van der Waals surface area contributed by atoms with Crippen LogP contribution in [-0.2, 0) is 4.74 Å².